The maximum atomic E-state index is 14.4. The summed E-state index contributed by atoms with van der Waals surface area (Å²) in [6.45, 7) is 1.20. The Kier molecular flexibility index (Phi) is 2.75. The lowest BCUT2D eigenvalue weighted by Crippen LogP contribution is -2.49. The molecule has 4 rings (SSSR count). The lowest BCUT2D eigenvalue weighted by molar-refractivity contribution is -0.112. The Balaban J connectivity index is 1.74. The number of ketones is 1. The van der Waals surface area contributed by atoms with Gasteiger partial charge in [-0.1, -0.05) is 0 Å². The smallest absolute Gasteiger partial charge is 0.296 e. The summed E-state index contributed by atoms with van der Waals surface area (Å²) in [5, 5.41) is 2.50. The molecule has 2 heterocycles. The number of halogens is 1. The fourth-order valence-corrected chi connectivity index (χ4v) is 3.60. The van der Waals surface area contributed by atoms with Crippen molar-refractivity contribution in [3.05, 3.63) is 23.5 Å². The van der Waals surface area contributed by atoms with E-state index >= 15 is 0 Å². The van der Waals surface area contributed by atoms with Crippen LogP contribution in [0.4, 0.5) is 15.8 Å². The number of anilines is 2. The molecule has 6 heteroatoms. The lowest BCUT2D eigenvalue weighted by Gasteiger charge is -2.39. The summed E-state index contributed by atoms with van der Waals surface area (Å²) in [5.41, 5.74) is 0.976. The van der Waals surface area contributed by atoms with Crippen LogP contribution < -0.4 is 10.2 Å². The quantitative estimate of drug-likeness (QED) is 0.800. The summed E-state index contributed by atoms with van der Waals surface area (Å²) in [5.74, 6) is -1.82. The van der Waals surface area contributed by atoms with Crippen molar-refractivity contribution < 1.29 is 18.7 Å². The molecule has 2 fully saturated rings. The fraction of sp³-hybridized carbons (Fsp3) is 0.467. The Morgan fingerprint density at radius 3 is 3.00 bits per heavy atom. The van der Waals surface area contributed by atoms with Crippen molar-refractivity contribution in [1.82, 2.24) is 0 Å². The van der Waals surface area contributed by atoms with E-state index in [1.165, 1.54) is 6.07 Å². The third-order valence-corrected chi connectivity index (χ3v) is 4.58. The summed E-state index contributed by atoms with van der Waals surface area (Å²) in [4.78, 5) is 25.0. The Hall–Kier alpha value is -1.95. The van der Waals surface area contributed by atoms with Crippen molar-refractivity contribution in [1.29, 1.82) is 0 Å². The standard InChI is InChI=1S/C15H15FN2O3/c16-9-6-8-10(17-15(20)14(8)19)7-12(9)18-4-5-21-13-3-1-2-11(13)18/h6-7,11,13H,1-5H2,(H,17,19,20). The summed E-state index contributed by atoms with van der Waals surface area (Å²) in [6, 6.07) is 2.93. The molecular formula is C15H15FN2O3. The van der Waals surface area contributed by atoms with E-state index in [-0.39, 0.29) is 17.7 Å². The highest BCUT2D eigenvalue weighted by Crippen LogP contribution is 2.37. The molecule has 3 aliphatic rings. The van der Waals surface area contributed by atoms with Crippen molar-refractivity contribution in [2.45, 2.75) is 31.4 Å². The summed E-state index contributed by atoms with van der Waals surface area (Å²) in [6.07, 6.45) is 3.21. The van der Waals surface area contributed by atoms with E-state index in [0.717, 1.165) is 19.3 Å². The minimum Gasteiger partial charge on any atom is -0.374 e. The second kappa shape index (κ2) is 4.53. The molecule has 2 unspecified atom stereocenters. The van der Waals surface area contributed by atoms with Gasteiger partial charge in [0.15, 0.2) is 0 Å². The number of nitrogens with one attached hydrogen (secondary N) is 1. The minimum absolute atomic E-state index is 0.123. The molecule has 0 bridgehead atoms. The van der Waals surface area contributed by atoms with Gasteiger partial charge in [-0.2, -0.15) is 0 Å². The number of carbonyl (C=O) groups is 2. The Morgan fingerprint density at radius 1 is 1.29 bits per heavy atom. The first-order chi connectivity index (χ1) is 10.1. The topological polar surface area (TPSA) is 58.6 Å². The molecule has 2 aliphatic heterocycles. The van der Waals surface area contributed by atoms with E-state index < -0.39 is 17.5 Å². The number of carbonyl (C=O) groups excluding carboxylic acids is 2. The molecule has 21 heavy (non-hydrogen) atoms. The van der Waals surface area contributed by atoms with E-state index in [1.54, 1.807) is 6.07 Å². The number of ether oxygens (including phenoxy) is 1. The molecule has 0 spiro atoms. The van der Waals surface area contributed by atoms with Crippen LogP contribution >= 0.6 is 0 Å². The molecule has 1 aromatic rings. The number of amides is 1. The highest BCUT2D eigenvalue weighted by Gasteiger charge is 2.38. The normalized spacial score (nSPS) is 27.6. The second-order valence-electron chi connectivity index (χ2n) is 5.73. The molecule has 1 saturated heterocycles. The van der Waals surface area contributed by atoms with Crippen molar-refractivity contribution >= 4 is 23.1 Å². The number of nitrogens with zero attached hydrogens (tertiary/aromatic N) is 1. The average molecular weight is 290 g/mol. The van der Waals surface area contributed by atoms with E-state index in [0.29, 0.717) is 24.5 Å². The van der Waals surface area contributed by atoms with Crippen LogP contribution in [0, 0.1) is 5.82 Å². The molecule has 0 aromatic heterocycles. The van der Waals surface area contributed by atoms with Crippen LogP contribution in [0.25, 0.3) is 0 Å². The van der Waals surface area contributed by atoms with Gasteiger partial charge in [-0.15, -0.1) is 0 Å². The van der Waals surface area contributed by atoms with Gasteiger partial charge in [-0.05, 0) is 31.4 Å². The van der Waals surface area contributed by atoms with Gasteiger partial charge in [-0.3, -0.25) is 9.59 Å². The molecule has 1 amide bonds. The van der Waals surface area contributed by atoms with Gasteiger partial charge in [0, 0.05) is 6.54 Å². The van der Waals surface area contributed by atoms with Crippen molar-refractivity contribution in [2.24, 2.45) is 0 Å². The molecule has 2 atom stereocenters. The van der Waals surface area contributed by atoms with Crippen molar-refractivity contribution in [3.8, 4) is 0 Å². The van der Waals surface area contributed by atoms with Crippen LogP contribution in [-0.4, -0.2) is 37.0 Å². The van der Waals surface area contributed by atoms with Gasteiger partial charge < -0.3 is 15.0 Å². The zero-order chi connectivity index (χ0) is 14.6. The van der Waals surface area contributed by atoms with E-state index in [2.05, 4.69) is 5.32 Å². The van der Waals surface area contributed by atoms with E-state index in [1.807, 2.05) is 4.90 Å². The molecular weight excluding hydrogens is 275 g/mol. The average Bonchev–Trinajstić information content (AvgIpc) is 3.05. The van der Waals surface area contributed by atoms with Gasteiger partial charge in [0.25, 0.3) is 11.7 Å². The van der Waals surface area contributed by atoms with Gasteiger partial charge in [-0.25, -0.2) is 4.39 Å². The van der Waals surface area contributed by atoms with E-state index in [4.69, 9.17) is 4.74 Å². The van der Waals surface area contributed by atoms with Crippen molar-refractivity contribution in [3.63, 3.8) is 0 Å². The minimum atomic E-state index is -0.692. The predicted octanol–water partition coefficient (Wildman–Crippen LogP) is 1.72. The Morgan fingerprint density at radius 2 is 2.14 bits per heavy atom. The van der Waals surface area contributed by atoms with Crippen LogP contribution in [0.3, 0.4) is 0 Å². The first-order valence-electron chi connectivity index (χ1n) is 7.22. The third kappa shape index (κ3) is 1.86. The number of hydrogen-bond acceptors (Lipinski definition) is 4. The first-order valence-corrected chi connectivity index (χ1v) is 7.22. The second-order valence-corrected chi connectivity index (χ2v) is 5.73. The maximum Gasteiger partial charge on any atom is 0.296 e. The number of rotatable bonds is 1. The summed E-state index contributed by atoms with van der Waals surface area (Å²) in [7, 11) is 0. The molecule has 0 radical (unpaired) electrons. The zero-order valence-corrected chi connectivity index (χ0v) is 11.4. The van der Waals surface area contributed by atoms with Crippen LogP contribution in [0.15, 0.2) is 12.1 Å². The SMILES string of the molecule is O=C1Nc2cc(N3CCOC4CCCC43)c(F)cc2C1=O. The van der Waals surface area contributed by atoms with E-state index in [9.17, 15) is 14.0 Å². The van der Waals surface area contributed by atoms with Gasteiger partial charge in [0.2, 0.25) is 0 Å². The fourth-order valence-electron chi connectivity index (χ4n) is 3.60. The monoisotopic (exact) mass is 290 g/mol. The third-order valence-electron chi connectivity index (χ3n) is 4.58. The molecule has 1 aliphatic carbocycles. The van der Waals surface area contributed by atoms with Gasteiger partial charge in [0.1, 0.15) is 5.82 Å². The summed E-state index contributed by atoms with van der Waals surface area (Å²) < 4.78 is 20.1. The molecule has 1 saturated carbocycles. The first kappa shape index (κ1) is 12.8. The Bertz CT molecular complexity index is 646. The van der Waals surface area contributed by atoms with Gasteiger partial charge >= 0.3 is 0 Å². The van der Waals surface area contributed by atoms with Crippen LogP contribution in [0.1, 0.15) is 29.6 Å². The van der Waals surface area contributed by atoms with Crippen molar-refractivity contribution in [2.75, 3.05) is 23.4 Å². The highest BCUT2D eigenvalue weighted by atomic mass is 19.1. The van der Waals surface area contributed by atoms with Crippen LogP contribution in [0.2, 0.25) is 0 Å². The number of hydrogen-bond donors (Lipinski definition) is 1. The number of fused-ring (bicyclic) bond motifs is 2. The number of benzene rings is 1. The van der Waals surface area contributed by atoms with Gasteiger partial charge in [0.05, 0.1) is 35.7 Å². The zero-order valence-electron chi connectivity index (χ0n) is 11.4. The largest absolute Gasteiger partial charge is 0.374 e. The van der Waals surface area contributed by atoms with Crippen LogP contribution in [0.5, 0.6) is 0 Å². The Labute approximate surface area is 121 Å². The molecule has 1 N–H and O–H groups in total. The maximum absolute atomic E-state index is 14.4. The molecule has 5 nitrogen and oxygen atoms in total. The lowest BCUT2D eigenvalue weighted by atomic mass is 10.1. The molecule has 1 aromatic carbocycles. The predicted molar refractivity (Wildman–Crippen MR) is 74.1 cm³/mol. The molecule has 110 valence electrons. The number of morpholine rings is 1. The summed E-state index contributed by atoms with van der Waals surface area (Å²) >= 11 is 0. The highest BCUT2D eigenvalue weighted by molar-refractivity contribution is 6.51. The van der Waals surface area contributed by atoms with Crippen LogP contribution in [-0.2, 0) is 9.53 Å². The number of Topliss-reactive ketones (excluding diaryl/α,β-unsaturated/α-hetero) is 1.